The second-order valence-electron chi connectivity index (χ2n) is 7.79. The largest absolute Gasteiger partial charge is 0.368 e. The number of aromatic nitrogens is 2. The number of benzene rings is 2. The first-order valence-corrected chi connectivity index (χ1v) is 12.2. The molecule has 0 atom stereocenters. The molecule has 1 aliphatic rings. The normalized spacial score (nSPS) is 14.0. The number of hydrogen-bond donors (Lipinski definition) is 1. The molecule has 0 aliphatic carbocycles. The number of nitrogens with zero attached hydrogens (tertiary/aromatic N) is 4. The molecule has 31 heavy (non-hydrogen) atoms. The summed E-state index contributed by atoms with van der Waals surface area (Å²) in [5, 5.41) is 12.5. The van der Waals surface area contributed by atoms with Crippen LogP contribution in [-0.4, -0.2) is 52.9 Å². The molecule has 3 aromatic rings. The summed E-state index contributed by atoms with van der Waals surface area (Å²) in [6.07, 6.45) is 0. The number of hydrogen-bond acceptors (Lipinski definition) is 7. The van der Waals surface area contributed by atoms with Gasteiger partial charge in [-0.2, -0.15) is 0 Å². The summed E-state index contributed by atoms with van der Waals surface area (Å²) in [7, 11) is 0. The van der Waals surface area contributed by atoms with E-state index in [9.17, 15) is 4.79 Å². The predicted octanol–water partition coefficient (Wildman–Crippen LogP) is 4.65. The zero-order chi connectivity index (χ0) is 21.8. The van der Waals surface area contributed by atoms with Crippen molar-refractivity contribution in [1.82, 2.24) is 15.1 Å². The number of thioether (sulfide) groups is 1. The highest BCUT2D eigenvalue weighted by Gasteiger charge is 2.22. The van der Waals surface area contributed by atoms with Gasteiger partial charge in [-0.05, 0) is 61.7 Å². The Morgan fingerprint density at radius 1 is 1.03 bits per heavy atom. The number of aryl methyl sites for hydroxylation is 3. The highest BCUT2D eigenvalue weighted by atomic mass is 32.2. The van der Waals surface area contributed by atoms with Crippen LogP contribution in [0.3, 0.4) is 0 Å². The van der Waals surface area contributed by atoms with E-state index in [1.807, 2.05) is 11.0 Å². The van der Waals surface area contributed by atoms with E-state index in [1.165, 1.54) is 45.5 Å². The van der Waals surface area contributed by atoms with Crippen LogP contribution in [0.1, 0.15) is 16.7 Å². The fourth-order valence-electron chi connectivity index (χ4n) is 3.51. The van der Waals surface area contributed by atoms with Gasteiger partial charge in [-0.3, -0.25) is 4.79 Å². The van der Waals surface area contributed by atoms with Crippen LogP contribution in [0, 0.1) is 20.8 Å². The SMILES string of the molecule is Cc1cccc(N2CCN(C(=O)CSc3nnc(Nc4ccc(C)c(C)c4)s3)CC2)c1. The Bertz CT molecular complexity index is 1060. The van der Waals surface area contributed by atoms with E-state index in [1.54, 1.807) is 0 Å². The molecule has 0 unspecified atom stereocenters. The van der Waals surface area contributed by atoms with Gasteiger partial charge in [-0.1, -0.05) is 41.3 Å². The van der Waals surface area contributed by atoms with Gasteiger partial charge in [0, 0.05) is 37.6 Å². The number of amides is 1. The standard InChI is InChI=1S/C23H27N5OS2/c1-16-5-4-6-20(13-16)27-9-11-28(12-10-27)21(29)15-30-23-26-25-22(31-23)24-19-8-7-17(2)18(3)14-19/h4-8,13-14H,9-12,15H2,1-3H3,(H,24,25). The van der Waals surface area contributed by atoms with Gasteiger partial charge < -0.3 is 15.1 Å². The Labute approximate surface area is 191 Å². The molecule has 2 aromatic carbocycles. The molecule has 1 aromatic heterocycles. The first kappa shape index (κ1) is 21.6. The molecule has 8 heteroatoms. The number of rotatable bonds is 6. The van der Waals surface area contributed by atoms with Crippen LogP contribution in [-0.2, 0) is 4.79 Å². The molecule has 0 radical (unpaired) electrons. The summed E-state index contributed by atoms with van der Waals surface area (Å²) in [6, 6.07) is 14.8. The van der Waals surface area contributed by atoms with Gasteiger partial charge >= 0.3 is 0 Å². The van der Waals surface area contributed by atoms with E-state index in [4.69, 9.17) is 0 Å². The Morgan fingerprint density at radius 3 is 2.58 bits per heavy atom. The van der Waals surface area contributed by atoms with E-state index in [2.05, 4.69) is 77.6 Å². The quantitative estimate of drug-likeness (QED) is 0.548. The van der Waals surface area contributed by atoms with Crippen LogP contribution in [0.4, 0.5) is 16.5 Å². The lowest BCUT2D eigenvalue weighted by atomic mass is 10.1. The van der Waals surface area contributed by atoms with Gasteiger partial charge in [0.15, 0.2) is 4.34 Å². The lowest BCUT2D eigenvalue weighted by molar-refractivity contribution is -0.128. The molecular weight excluding hydrogens is 426 g/mol. The van der Waals surface area contributed by atoms with E-state index in [0.29, 0.717) is 5.75 Å². The molecule has 1 aliphatic heterocycles. The topological polar surface area (TPSA) is 61.4 Å². The highest BCUT2D eigenvalue weighted by Crippen LogP contribution is 2.28. The minimum absolute atomic E-state index is 0.160. The average Bonchev–Trinajstić information content (AvgIpc) is 3.22. The van der Waals surface area contributed by atoms with Crippen LogP contribution in [0.15, 0.2) is 46.8 Å². The molecule has 1 N–H and O–H groups in total. The minimum atomic E-state index is 0.160. The van der Waals surface area contributed by atoms with E-state index < -0.39 is 0 Å². The summed E-state index contributed by atoms with van der Waals surface area (Å²) >= 11 is 2.93. The Balaban J connectivity index is 1.25. The first-order chi connectivity index (χ1) is 15.0. The van der Waals surface area contributed by atoms with E-state index in [0.717, 1.165) is 41.3 Å². The van der Waals surface area contributed by atoms with Crippen molar-refractivity contribution in [3.05, 3.63) is 59.2 Å². The second-order valence-corrected chi connectivity index (χ2v) is 9.99. The number of carbonyl (C=O) groups excluding carboxylic acids is 1. The third-order valence-corrected chi connectivity index (χ3v) is 7.44. The molecule has 4 rings (SSSR count). The van der Waals surface area contributed by atoms with Crippen molar-refractivity contribution in [2.45, 2.75) is 25.1 Å². The summed E-state index contributed by atoms with van der Waals surface area (Å²) in [6.45, 7) is 9.53. The monoisotopic (exact) mass is 453 g/mol. The molecule has 1 saturated heterocycles. The molecule has 1 amide bonds. The maximum absolute atomic E-state index is 12.7. The summed E-state index contributed by atoms with van der Waals surface area (Å²) in [4.78, 5) is 17.0. The molecule has 1 fully saturated rings. The maximum atomic E-state index is 12.7. The number of nitrogens with one attached hydrogen (secondary N) is 1. The highest BCUT2D eigenvalue weighted by molar-refractivity contribution is 8.01. The lowest BCUT2D eigenvalue weighted by Gasteiger charge is -2.36. The molecule has 162 valence electrons. The van der Waals surface area contributed by atoms with Crippen LogP contribution >= 0.6 is 23.1 Å². The molecule has 0 saturated carbocycles. The Morgan fingerprint density at radius 2 is 1.84 bits per heavy atom. The number of carbonyl (C=O) groups is 1. The van der Waals surface area contributed by atoms with Crippen molar-refractivity contribution in [1.29, 1.82) is 0 Å². The van der Waals surface area contributed by atoms with E-state index in [-0.39, 0.29) is 5.91 Å². The average molecular weight is 454 g/mol. The van der Waals surface area contributed by atoms with Gasteiger partial charge in [0.2, 0.25) is 11.0 Å². The van der Waals surface area contributed by atoms with Crippen LogP contribution in [0.2, 0.25) is 0 Å². The van der Waals surface area contributed by atoms with Gasteiger partial charge in [-0.15, -0.1) is 10.2 Å². The Hall–Kier alpha value is -2.58. The third kappa shape index (κ3) is 5.57. The second kappa shape index (κ2) is 9.70. The summed E-state index contributed by atoms with van der Waals surface area (Å²) in [5.41, 5.74) is 5.99. The van der Waals surface area contributed by atoms with Crippen LogP contribution in [0.5, 0.6) is 0 Å². The van der Waals surface area contributed by atoms with Crippen molar-refractivity contribution in [2.75, 3.05) is 42.1 Å². The van der Waals surface area contributed by atoms with Gasteiger partial charge in [0.1, 0.15) is 0 Å². The van der Waals surface area contributed by atoms with Crippen molar-refractivity contribution < 1.29 is 4.79 Å². The van der Waals surface area contributed by atoms with Gasteiger partial charge in [0.05, 0.1) is 5.75 Å². The predicted molar refractivity (Wildman–Crippen MR) is 130 cm³/mol. The molecule has 2 heterocycles. The molecule has 0 bridgehead atoms. The molecule has 0 spiro atoms. The van der Waals surface area contributed by atoms with Crippen molar-refractivity contribution in [3.8, 4) is 0 Å². The van der Waals surface area contributed by atoms with Crippen LogP contribution < -0.4 is 10.2 Å². The van der Waals surface area contributed by atoms with Gasteiger partial charge in [0.25, 0.3) is 0 Å². The van der Waals surface area contributed by atoms with Crippen molar-refractivity contribution >= 4 is 45.5 Å². The Kier molecular flexibility index (Phi) is 6.77. The number of piperazine rings is 1. The smallest absolute Gasteiger partial charge is 0.233 e. The zero-order valence-electron chi connectivity index (χ0n) is 18.1. The lowest BCUT2D eigenvalue weighted by Crippen LogP contribution is -2.49. The summed E-state index contributed by atoms with van der Waals surface area (Å²) in [5.74, 6) is 0.552. The third-order valence-electron chi connectivity index (χ3n) is 5.48. The molecular formula is C23H27N5OS2. The van der Waals surface area contributed by atoms with Crippen LogP contribution in [0.25, 0.3) is 0 Å². The summed E-state index contributed by atoms with van der Waals surface area (Å²) < 4.78 is 0.804. The zero-order valence-corrected chi connectivity index (χ0v) is 19.7. The molecule has 6 nitrogen and oxygen atoms in total. The first-order valence-electron chi connectivity index (χ1n) is 10.4. The van der Waals surface area contributed by atoms with Crippen molar-refractivity contribution in [3.63, 3.8) is 0 Å². The number of anilines is 3. The fraction of sp³-hybridized carbons (Fsp3) is 0.348. The minimum Gasteiger partial charge on any atom is -0.368 e. The fourth-order valence-corrected chi connectivity index (χ4v) is 5.19. The van der Waals surface area contributed by atoms with Crippen molar-refractivity contribution in [2.24, 2.45) is 0 Å². The van der Waals surface area contributed by atoms with Gasteiger partial charge in [-0.25, -0.2) is 0 Å². The van der Waals surface area contributed by atoms with E-state index >= 15 is 0 Å². The maximum Gasteiger partial charge on any atom is 0.233 e.